The summed E-state index contributed by atoms with van der Waals surface area (Å²) in [6.07, 6.45) is 16.2. The molecule has 4 amide bonds. The topological polar surface area (TPSA) is 268 Å². The molecule has 10 saturated heterocycles. The normalized spacial score (nSPS) is 21.4. The molecule has 3 N–H and O–H groups in total. The lowest BCUT2D eigenvalue weighted by atomic mass is 9.76. The van der Waals surface area contributed by atoms with Crippen molar-refractivity contribution in [3.63, 3.8) is 0 Å². The molecule has 12 aliphatic rings. The molecule has 0 saturated carbocycles. The minimum Gasteiger partial charge on any atom is -0.480 e. The van der Waals surface area contributed by atoms with Crippen LogP contribution in [-0.2, 0) is 62.4 Å². The molecule has 844 valence electrons. The Hall–Kier alpha value is -6.86. The Bertz CT molecular complexity index is 3800. The number of hydrogen-bond acceptors (Lipinski definition) is 22. The third kappa shape index (κ3) is 48.6. The quantitative estimate of drug-likeness (QED) is 0.0595. The number of amidine groups is 1. The van der Waals surface area contributed by atoms with E-state index >= 15 is 0 Å². The number of hydrogen-bond donors (Lipinski definition) is 3. The van der Waals surface area contributed by atoms with Crippen LogP contribution >= 0.6 is 0 Å². The largest absolute Gasteiger partial charge is 0.480 e. The van der Waals surface area contributed by atoms with Gasteiger partial charge < -0.3 is 54.4 Å². The molecule has 2 aromatic rings. The molecule has 14 rings (SSSR count). The lowest BCUT2D eigenvalue weighted by Crippen LogP contribution is -2.54. The van der Waals surface area contributed by atoms with Gasteiger partial charge in [-0.2, -0.15) is 0 Å². The van der Waals surface area contributed by atoms with Crippen LogP contribution in [0.15, 0.2) is 48.5 Å². The first-order valence-electron chi connectivity index (χ1n) is 57.7. The molecule has 2 aromatic carbocycles. The van der Waals surface area contributed by atoms with Gasteiger partial charge in [-0.3, -0.25) is 73.3 Å². The van der Waals surface area contributed by atoms with E-state index in [0.29, 0.717) is 114 Å². The number of para-hydroxylation sites is 1. The van der Waals surface area contributed by atoms with Crippen LogP contribution in [0, 0.1) is 52.2 Å². The van der Waals surface area contributed by atoms with E-state index in [1.165, 1.54) is 75.7 Å². The van der Waals surface area contributed by atoms with Gasteiger partial charge in [-0.1, -0.05) is 77.1 Å². The van der Waals surface area contributed by atoms with Gasteiger partial charge >= 0.3 is 18.0 Å². The van der Waals surface area contributed by atoms with Gasteiger partial charge in [-0.15, -0.1) is 0 Å². The van der Waals surface area contributed by atoms with Gasteiger partial charge in [0.2, 0.25) is 11.8 Å². The maximum absolute atomic E-state index is 12.0. The minimum atomic E-state index is -0.673. The highest BCUT2D eigenvalue weighted by atomic mass is 16.5. The second-order valence-electron chi connectivity index (χ2n) is 47.7. The standard InChI is InChI=1S/C16H23N.C14H19NO2.C11H23N3O.C11H21NO.C10H20N2O.3C10H19NO.C9H19N3.C9H18N2O.C9H17NO2/c1-13(2)17-9-7-16(8-10-17)11-14-5-3-4-6-15(14)12-16;1-4-17-14(16)13-9-11-7-5-6-8-12(11)15(13)10(2)3;1-9(2)12-11(15)14-7-5-13(6-8-14)10(3)4;1-9(2)11-4-6-12(7-5-11)8-10(3)13;1-9(2)12-6-4-11(5-7-12)8-10(3)13;2*1-8(2)11-6-4-10(5-7-11)9(3)12;1-8(2)10-4-6-11(7-5-10)9(3)12;1-8(2)11-4-6-12(7-5-11)9(3)10;1-8(2)10-4-6-11(7-5-10)9(3)12;1-6(2)10-5-7(3)4-8(10)9(11)12/h3-6,13H,7-12H2,1-2H3;5-8,10,13H,4,9H2,1-3H3;9-10H,5-8H2,1-4H3,(H,12,15);9,11H,4-8H2,1-3H3;9H,4-8H2,1-3H3;4*8,10H,4-7H2,1-3H3;8H,4-7H2,1-3H3;6-8H,4-5H2,1-3H3,(H,11,12)/t;;;;;;;;;;7-,8+/m..........1/s1. The van der Waals surface area contributed by atoms with Crippen LogP contribution in [0.5, 0.6) is 0 Å². The van der Waals surface area contributed by atoms with Crippen molar-refractivity contribution in [3.8, 4) is 0 Å². The number of Topliss-reactive ketones (excluding diaryl/α,β-unsaturated/α-hetero) is 4. The van der Waals surface area contributed by atoms with Crippen molar-refractivity contribution in [2.24, 2.45) is 46.8 Å². The van der Waals surface area contributed by atoms with Gasteiger partial charge in [0.15, 0.2) is 0 Å². The number of esters is 1. The Labute approximate surface area is 896 Å². The van der Waals surface area contributed by atoms with Crippen molar-refractivity contribution in [2.75, 3.05) is 201 Å². The van der Waals surface area contributed by atoms with E-state index in [-0.39, 0.29) is 47.7 Å². The summed E-state index contributed by atoms with van der Waals surface area (Å²) < 4.78 is 5.16. The van der Waals surface area contributed by atoms with Crippen LogP contribution in [-0.4, -0.2) is 401 Å². The Morgan fingerprint density at radius 3 is 1.04 bits per heavy atom. The number of rotatable bonds is 21. The molecule has 11 aliphatic heterocycles. The van der Waals surface area contributed by atoms with Crippen molar-refractivity contribution in [1.82, 2.24) is 73.9 Å². The first-order valence-corrected chi connectivity index (χ1v) is 57.7. The average Bonchev–Trinajstić information content (AvgIpc) is 1.64. The number of piperidine rings is 5. The summed E-state index contributed by atoms with van der Waals surface area (Å²) in [5, 5.41) is 19.3. The van der Waals surface area contributed by atoms with Gasteiger partial charge in [-0.05, 0) is 374 Å². The number of ether oxygens (including phenoxy) is 1. The molecular formula is C119H217N17O11. The number of anilines is 1. The highest BCUT2D eigenvalue weighted by Gasteiger charge is 2.42. The smallest absolute Gasteiger partial charge is 0.329 e. The number of aliphatic carboxylic acids is 1. The monoisotopic (exact) mass is 2060 g/mol. The number of nitrogens with zero attached hydrogens (tertiary/aromatic N) is 15. The molecular weight excluding hydrogens is 1840 g/mol. The fourth-order valence-electron chi connectivity index (χ4n) is 22.3. The molecule has 28 heteroatoms. The zero-order valence-electron chi connectivity index (χ0n) is 99.4. The van der Waals surface area contributed by atoms with Crippen LogP contribution in [0.25, 0.3) is 0 Å². The summed E-state index contributed by atoms with van der Waals surface area (Å²) in [5.41, 5.74) is 6.24. The third-order valence-electron chi connectivity index (χ3n) is 32.4. The summed E-state index contributed by atoms with van der Waals surface area (Å²) in [5.74, 6) is 6.19. The number of amides is 4. The second kappa shape index (κ2) is 68.3. The summed E-state index contributed by atoms with van der Waals surface area (Å²) in [6, 6.07) is 22.3. The Balaban J connectivity index is 0.000000338. The van der Waals surface area contributed by atoms with Crippen LogP contribution in [0.2, 0.25) is 0 Å². The number of urea groups is 1. The molecule has 147 heavy (non-hydrogen) atoms. The third-order valence-corrected chi connectivity index (χ3v) is 32.4. The fourth-order valence-corrected chi connectivity index (χ4v) is 22.3. The van der Waals surface area contributed by atoms with E-state index in [1.54, 1.807) is 52.7 Å². The number of carbonyl (C=O) groups is 9. The second-order valence-corrected chi connectivity index (χ2v) is 47.7. The highest BCUT2D eigenvalue weighted by molar-refractivity contribution is 5.84. The molecule has 3 atom stereocenters. The average molecular weight is 2060 g/mol. The number of carbonyl (C=O) groups excluding carboxylic acids is 8. The van der Waals surface area contributed by atoms with E-state index in [9.17, 15) is 43.2 Å². The van der Waals surface area contributed by atoms with Crippen molar-refractivity contribution in [1.29, 1.82) is 5.41 Å². The van der Waals surface area contributed by atoms with Gasteiger partial charge in [0.05, 0.1) is 25.5 Å². The van der Waals surface area contributed by atoms with Crippen LogP contribution in [0.1, 0.15) is 316 Å². The predicted octanol–water partition coefficient (Wildman–Crippen LogP) is 17.4. The van der Waals surface area contributed by atoms with Gasteiger partial charge in [0.25, 0.3) is 0 Å². The number of carboxylic acid groups (broad SMARTS) is 1. The van der Waals surface area contributed by atoms with Crippen molar-refractivity contribution in [3.05, 3.63) is 65.2 Å². The van der Waals surface area contributed by atoms with Crippen molar-refractivity contribution in [2.45, 2.75) is 391 Å². The molecule has 11 heterocycles. The molecule has 1 spiro atoms. The summed E-state index contributed by atoms with van der Waals surface area (Å²) in [6.45, 7) is 98.4. The molecule has 0 aromatic heterocycles. The number of piperazine rings is 4. The first kappa shape index (κ1) is 132. The van der Waals surface area contributed by atoms with Gasteiger partial charge in [-0.25, -0.2) is 9.59 Å². The first-order chi connectivity index (χ1) is 69.1. The van der Waals surface area contributed by atoms with E-state index in [4.69, 9.17) is 15.3 Å². The lowest BCUT2D eigenvalue weighted by molar-refractivity contribution is -0.145. The number of benzene rings is 2. The van der Waals surface area contributed by atoms with Gasteiger partial charge in [0, 0.05) is 223 Å². The van der Waals surface area contributed by atoms with Crippen LogP contribution in [0.4, 0.5) is 10.5 Å². The number of carboxylic acids is 1. The molecule has 10 fully saturated rings. The summed E-state index contributed by atoms with van der Waals surface area (Å²) in [4.78, 5) is 134. The predicted molar refractivity (Wildman–Crippen MR) is 609 cm³/mol. The number of fused-ring (bicyclic) bond motifs is 2. The Morgan fingerprint density at radius 2 is 0.721 bits per heavy atom. The van der Waals surface area contributed by atoms with E-state index in [0.717, 1.165) is 232 Å². The van der Waals surface area contributed by atoms with E-state index in [2.05, 4.69) is 246 Å². The molecule has 28 nitrogen and oxygen atoms in total. The number of nitrogens with one attached hydrogen (secondary N) is 2. The Kier molecular flexibility index (Phi) is 61.5. The summed E-state index contributed by atoms with van der Waals surface area (Å²) >= 11 is 0. The molecule has 1 aliphatic carbocycles. The zero-order valence-corrected chi connectivity index (χ0v) is 99.4. The van der Waals surface area contributed by atoms with E-state index in [1.807, 2.05) is 68.4 Å². The lowest BCUT2D eigenvalue weighted by Gasteiger charge is -2.41. The molecule has 0 radical (unpaired) electrons. The molecule has 1 unspecified atom stereocenters. The van der Waals surface area contributed by atoms with Gasteiger partial charge in [0.1, 0.15) is 35.2 Å². The number of ketones is 4. The van der Waals surface area contributed by atoms with Crippen molar-refractivity contribution < 1.29 is 53.0 Å². The summed E-state index contributed by atoms with van der Waals surface area (Å²) in [7, 11) is 0. The minimum absolute atomic E-state index is 0.0772. The van der Waals surface area contributed by atoms with Crippen LogP contribution in [0.3, 0.4) is 0 Å². The number of likely N-dealkylation sites (tertiary alicyclic amines) is 6. The Morgan fingerprint density at radius 1 is 0.388 bits per heavy atom. The molecule has 0 bridgehead atoms. The SMILES string of the molecule is CC(=N)N1CCN(C(C)C)CC1.CC(=O)C1CCN(C(C)C)CC1.CC(=O)C1CCN(C(C)C)CC1.CC(=O)CN1CCC(C(C)C)CC1.CC(=O)CN1CCN(C(C)C)CC1.CC(=O)N1CCC(C(C)C)CC1.CC(=O)N1CCN(C(C)C)CC1.CC(C)N1CCC2(CC1)Cc1ccccc1C2.CC(C)N1C[C@H](C)C[C@H]1C(=O)O.CC(C)NC(=O)N1CCN(C(C)C)CC1.CCOC(=O)C1Cc2ccccc2N1C(C)C. The zero-order chi connectivity index (χ0) is 110. The van der Waals surface area contributed by atoms with Crippen LogP contribution < -0.4 is 10.2 Å². The van der Waals surface area contributed by atoms with Crippen molar-refractivity contribution >= 4 is 64.4 Å². The van der Waals surface area contributed by atoms with E-state index < -0.39 is 5.97 Å². The maximum atomic E-state index is 12.0. The fraction of sp³-hybridized carbons (Fsp3) is 0.815. The maximum Gasteiger partial charge on any atom is 0.329 e. The highest BCUT2D eigenvalue weighted by Crippen LogP contribution is 2.45.